The maximum absolute atomic E-state index is 12.3. The third-order valence-electron chi connectivity index (χ3n) is 4.85. The third-order valence-corrected chi connectivity index (χ3v) is 4.85. The van der Waals surface area contributed by atoms with Crippen LogP contribution in [0.4, 0.5) is 10.5 Å². The van der Waals surface area contributed by atoms with Gasteiger partial charge in [0, 0.05) is 23.5 Å². The molecule has 0 spiro atoms. The Morgan fingerprint density at radius 2 is 1.73 bits per heavy atom. The zero-order chi connectivity index (χ0) is 14.9. The van der Waals surface area contributed by atoms with Crippen molar-refractivity contribution in [1.82, 2.24) is 10.6 Å². The maximum Gasteiger partial charge on any atom is 0.319 e. The number of hydrogen-bond acceptors (Lipinski definition) is 2. The van der Waals surface area contributed by atoms with E-state index < -0.39 is 0 Å². The summed E-state index contributed by atoms with van der Waals surface area (Å²) in [7, 11) is 0. The second kappa shape index (κ2) is 5.61. The van der Waals surface area contributed by atoms with E-state index in [1.165, 1.54) is 12.8 Å². The van der Waals surface area contributed by atoms with Crippen LogP contribution in [0.5, 0.6) is 0 Å². The number of piperidine rings is 1. The van der Waals surface area contributed by atoms with Crippen LogP contribution in [0.15, 0.2) is 42.5 Å². The molecular formula is C18H21N3O. The summed E-state index contributed by atoms with van der Waals surface area (Å²) in [5, 5.41) is 12.0. The van der Waals surface area contributed by atoms with Crippen molar-refractivity contribution >= 4 is 22.5 Å². The van der Waals surface area contributed by atoms with Gasteiger partial charge in [0.05, 0.1) is 5.69 Å². The summed E-state index contributed by atoms with van der Waals surface area (Å²) in [5.74, 6) is 0. The fourth-order valence-corrected chi connectivity index (χ4v) is 3.85. The smallest absolute Gasteiger partial charge is 0.319 e. The lowest BCUT2D eigenvalue weighted by Gasteiger charge is -2.29. The first-order valence-electron chi connectivity index (χ1n) is 8.09. The molecule has 4 rings (SSSR count). The van der Waals surface area contributed by atoms with Crippen LogP contribution in [0.2, 0.25) is 0 Å². The predicted molar refractivity (Wildman–Crippen MR) is 89.1 cm³/mol. The fourth-order valence-electron chi connectivity index (χ4n) is 3.85. The number of amides is 2. The van der Waals surface area contributed by atoms with Gasteiger partial charge in [-0.3, -0.25) is 0 Å². The summed E-state index contributed by atoms with van der Waals surface area (Å²) in [6.07, 6.45) is 4.57. The largest absolute Gasteiger partial charge is 0.335 e. The molecule has 3 N–H and O–H groups in total. The predicted octanol–water partition coefficient (Wildman–Crippen LogP) is 3.24. The monoisotopic (exact) mass is 295 g/mol. The van der Waals surface area contributed by atoms with Crippen LogP contribution in [0, 0.1) is 0 Å². The third kappa shape index (κ3) is 2.66. The van der Waals surface area contributed by atoms with E-state index in [4.69, 9.17) is 0 Å². The molecule has 2 aromatic rings. The van der Waals surface area contributed by atoms with Gasteiger partial charge in [-0.25, -0.2) is 4.79 Å². The van der Waals surface area contributed by atoms with Crippen LogP contribution in [0.3, 0.4) is 0 Å². The lowest BCUT2D eigenvalue weighted by molar-refractivity contribution is 0.240. The Kier molecular flexibility index (Phi) is 3.47. The molecule has 0 saturated carbocycles. The quantitative estimate of drug-likeness (QED) is 0.796. The van der Waals surface area contributed by atoms with Crippen LogP contribution in [-0.4, -0.2) is 24.2 Å². The number of nitrogens with one attached hydrogen (secondary N) is 3. The van der Waals surface area contributed by atoms with E-state index in [1.54, 1.807) is 0 Å². The molecule has 2 aliphatic heterocycles. The van der Waals surface area contributed by atoms with Gasteiger partial charge in [-0.15, -0.1) is 0 Å². The van der Waals surface area contributed by atoms with Crippen molar-refractivity contribution in [2.24, 2.45) is 0 Å². The van der Waals surface area contributed by atoms with E-state index in [1.807, 2.05) is 30.3 Å². The molecule has 0 radical (unpaired) electrons. The van der Waals surface area contributed by atoms with E-state index >= 15 is 0 Å². The number of rotatable bonds is 2. The average molecular weight is 295 g/mol. The molecule has 4 heteroatoms. The van der Waals surface area contributed by atoms with Gasteiger partial charge in [-0.05, 0) is 37.1 Å². The highest BCUT2D eigenvalue weighted by Crippen LogP contribution is 2.27. The van der Waals surface area contributed by atoms with Crippen LogP contribution < -0.4 is 16.0 Å². The first-order chi connectivity index (χ1) is 10.8. The molecule has 22 heavy (non-hydrogen) atoms. The number of carbonyl (C=O) groups is 1. The summed E-state index contributed by atoms with van der Waals surface area (Å²) >= 11 is 0. The molecule has 2 atom stereocenters. The average Bonchev–Trinajstić information content (AvgIpc) is 2.86. The Labute approximate surface area is 130 Å². The van der Waals surface area contributed by atoms with Gasteiger partial charge >= 0.3 is 6.03 Å². The topological polar surface area (TPSA) is 53.2 Å². The van der Waals surface area contributed by atoms with Crippen LogP contribution >= 0.6 is 0 Å². The minimum Gasteiger partial charge on any atom is -0.335 e. The Balaban J connectivity index is 1.45. The highest BCUT2D eigenvalue weighted by molar-refractivity contribution is 6.01. The molecule has 2 bridgehead atoms. The first kappa shape index (κ1) is 13.6. The summed E-state index contributed by atoms with van der Waals surface area (Å²) in [5.41, 5.74) is 0.868. The lowest BCUT2D eigenvalue weighted by Crippen LogP contribution is -2.49. The molecule has 2 saturated heterocycles. The van der Waals surface area contributed by atoms with Crippen molar-refractivity contribution in [3.63, 3.8) is 0 Å². The number of urea groups is 1. The molecule has 2 aromatic carbocycles. The van der Waals surface area contributed by atoms with E-state index in [0.717, 1.165) is 29.3 Å². The number of benzene rings is 2. The molecular weight excluding hydrogens is 274 g/mol. The van der Waals surface area contributed by atoms with Crippen molar-refractivity contribution in [3.8, 4) is 0 Å². The van der Waals surface area contributed by atoms with Crippen molar-refractivity contribution < 1.29 is 4.79 Å². The molecule has 0 aliphatic carbocycles. The Morgan fingerprint density at radius 1 is 1.00 bits per heavy atom. The Morgan fingerprint density at radius 3 is 2.55 bits per heavy atom. The van der Waals surface area contributed by atoms with Crippen LogP contribution in [-0.2, 0) is 0 Å². The number of carbonyl (C=O) groups excluding carboxylic acids is 1. The van der Waals surface area contributed by atoms with Gasteiger partial charge in [0.1, 0.15) is 0 Å². The highest BCUT2D eigenvalue weighted by atomic mass is 16.2. The standard InChI is InChI=1S/C18H21N3O/c22-18(20-15-10-13-8-9-14(11-15)19-13)21-17-7-3-5-12-4-1-2-6-16(12)17/h1-7,13-15,19H,8-11H2,(H2,20,21,22). The second-order valence-electron chi connectivity index (χ2n) is 6.43. The van der Waals surface area contributed by atoms with Crippen LogP contribution in [0.25, 0.3) is 10.8 Å². The van der Waals surface area contributed by atoms with Gasteiger partial charge in [-0.1, -0.05) is 36.4 Å². The molecule has 2 unspecified atom stereocenters. The van der Waals surface area contributed by atoms with Crippen LogP contribution in [0.1, 0.15) is 25.7 Å². The summed E-state index contributed by atoms with van der Waals surface area (Å²) in [6, 6.07) is 15.4. The molecule has 2 heterocycles. The highest BCUT2D eigenvalue weighted by Gasteiger charge is 2.33. The Bertz CT molecular complexity index is 682. The van der Waals surface area contributed by atoms with Gasteiger partial charge in [0.25, 0.3) is 0 Å². The fraction of sp³-hybridized carbons (Fsp3) is 0.389. The van der Waals surface area contributed by atoms with E-state index in [9.17, 15) is 4.79 Å². The first-order valence-corrected chi connectivity index (χ1v) is 8.09. The number of fused-ring (bicyclic) bond motifs is 3. The molecule has 2 amide bonds. The Hall–Kier alpha value is -2.07. The normalized spacial score (nSPS) is 26.8. The molecule has 2 aliphatic rings. The van der Waals surface area contributed by atoms with E-state index in [0.29, 0.717) is 12.1 Å². The summed E-state index contributed by atoms with van der Waals surface area (Å²) < 4.78 is 0. The van der Waals surface area contributed by atoms with Crippen molar-refractivity contribution in [1.29, 1.82) is 0 Å². The van der Waals surface area contributed by atoms with Crippen molar-refractivity contribution in [3.05, 3.63) is 42.5 Å². The van der Waals surface area contributed by atoms with E-state index in [2.05, 4.69) is 28.1 Å². The van der Waals surface area contributed by atoms with Gasteiger partial charge in [0.2, 0.25) is 0 Å². The van der Waals surface area contributed by atoms with Gasteiger partial charge < -0.3 is 16.0 Å². The summed E-state index contributed by atoms with van der Waals surface area (Å²) in [6.45, 7) is 0. The minimum atomic E-state index is -0.0948. The molecule has 114 valence electrons. The number of hydrogen-bond donors (Lipinski definition) is 3. The molecule has 2 fully saturated rings. The van der Waals surface area contributed by atoms with Crippen molar-refractivity contribution in [2.45, 2.75) is 43.8 Å². The van der Waals surface area contributed by atoms with Gasteiger partial charge in [-0.2, -0.15) is 0 Å². The zero-order valence-electron chi connectivity index (χ0n) is 12.5. The number of anilines is 1. The molecule has 4 nitrogen and oxygen atoms in total. The minimum absolute atomic E-state index is 0.0948. The maximum atomic E-state index is 12.3. The summed E-state index contributed by atoms with van der Waals surface area (Å²) in [4.78, 5) is 12.3. The SMILES string of the molecule is O=C(Nc1cccc2ccccc12)NC1CC2CCC(C1)N2. The van der Waals surface area contributed by atoms with Gasteiger partial charge in [0.15, 0.2) is 0 Å². The van der Waals surface area contributed by atoms with Crippen molar-refractivity contribution in [2.75, 3.05) is 5.32 Å². The second-order valence-corrected chi connectivity index (χ2v) is 6.43. The van der Waals surface area contributed by atoms with E-state index in [-0.39, 0.29) is 12.1 Å². The molecule has 0 aromatic heterocycles. The lowest BCUT2D eigenvalue weighted by atomic mass is 10.00. The zero-order valence-corrected chi connectivity index (χ0v) is 12.5.